The van der Waals surface area contributed by atoms with E-state index in [0.29, 0.717) is 12.1 Å². The lowest BCUT2D eigenvalue weighted by molar-refractivity contribution is 0.414. The molecule has 0 unspecified atom stereocenters. The van der Waals surface area contributed by atoms with Gasteiger partial charge in [0.1, 0.15) is 5.75 Å². The van der Waals surface area contributed by atoms with Crippen LogP contribution >= 0.6 is 0 Å². The standard InChI is InChI=1S/C16H23N3O/c1-12(2)19-11-14(10-18-19)9-17-13(3)15-5-7-16(20-4)8-6-15/h5-8,10-13,17H,9H2,1-4H3/t13-/m1/s1. The van der Waals surface area contributed by atoms with Crippen molar-refractivity contribution in [3.8, 4) is 5.75 Å². The fourth-order valence-corrected chi connectivity index (χ4v) is 2.03. The summed E-state index contributed by atoms with van der Waals surface area (Å²) in [7, 11) is 1.68. The summed E-state index contributed by atoms with van der Waals surface area (Å²) in [6.07, 6.45) is 4.02. The van der Waals surface area contributed by atoms with Gasteiger partial charge in [0, 0.05) is 30.4 Å². The van der Waals surface area contributed by atoms with Crippen LogP contribution in [0.15, 0.2) is 36.7 Å². The summed E-state index contributed by atoms with van der Waals surface area (Å²) in [5, 5.41) is 7.86. The highest BCUT2D eigenvalue weighted by atomic mass is 16.5. The first-order valence-corrected chi connectivity index (χ1v) is 7.00. The van der Waals surface area contributed by atoms with Gasteiger partial charge in [-0.2, -0.15) is 5.10 Å². The lowest BCUT2D eigenvalue weighted by atomic mass is 10.1. The van der Waals surface area contributed by atoms with Crippen LogP contribution in [0, 0.1) is 0 Å². The van der Waals surface area contributed by atoms with Gasteiger partial charge in [0.2, 0.25) is 0 Å². The molecule has 108 valence electrons. The number of aromatic nitrogens is 2. The van der Waals surface area contributed by atoms with E-state index < -0.39 is 0 Å². The quantitative estimate of drug-likeness (QED) is 0.877. The summed E-state index contributed by atoms with van der Waals surface area (Å²) in [5.74, 6) is 0.888. The van der Waals surface area contributed by atoms with Crippen LogP contribution < -0.4 is 10.1 Å². The Morgan fingerprint density at radius 1 is 1.20 bits per heavy atom. The van der Waals surface area contributed by atoms with Crippen molar-refractivity contribution in [3.63, 3.8) is 0 Å². The van der Waals surface area contributed by atoms with E-state index in [4.69, 9.17) is 4.74 Å². The van der Waals surface area contributed by atoms with Gasteiger partial charge in [-0.25, -0.2) is 0 Å². The van der Waals surface area contributed by atoms with Crippen molar-refractivity contribution < 1.29 is 4.74 Å². The van der Waals surface area contributed by atoms with Crippen LogP contribution in [-0.4, -0.2) is 16.9 Å². The molecular formula is C16H23N3O. The van der Waals surface area contributed by atoms with Crippen LogP contribution in [0.25, 0.3) is 0 Å². The molecule has 0 aliphatic rings. The molecular weight excluding hydrogens is 250 g/mol. The van der Waals surface area contributed by atoms with Crippen molar-refractivity contribution in [2.45, 2.75) is 39.4 Å². The number of benzene rings is 1. The van der Waals surface area contributed by atoms with E-state index in [0.717, 1.165) is 12.3 Å². The van der Waals surface area contributed by atoms with Gasteiger partial charge >= 0.3 is 0 Å². The Hall–Kier alpha value is -1.81. The largest absolute Gasteiger partial charge is 0.497 e. The van der Waals surface area contributed by atoms with Crippen LogP contribution in [0.3, 0.4) is 0 Å². The van der Waals surface area contributed by atoms with E-state index in [1.165, 1.54) is 11.1 Å². The third kappa shape index (κ3) is 3.61. The highest BCUT2D eigenvalue weighted by Gasteiger charge is 2.07. The predicted molar refractivity (Wildman–Crippen MR) is 80.9 cm³/mol. The van der Waals surface area contributed by atoms with Crippen LogP contribution in [0.1, 0.15) is 44.0 Å². The number of ether oxygens (including phenoxy) is 1. The zero-order valence-corrected chi connectivity index (χ0v) is 12.6. The summed E-state index contributed by atoms with van der Waals surface area (Å²) >= 11 is 0. The van der Waals surface area contributed by atoms with E-state index in [1.54, 1.807) is 7.11 Å². The summed E-state index contributed by atoms with van der Waals surface area (Å²) in [4.78, 5) is 0. The molecule has 0 saturated heterocycles. The molecule has 0 spiro atoms. The number of nitrogens with one attached hydrogen (secondary N) is 1. The fraction of sp³-hybridized carbons (Fsp3) is 0.438. The van der Waals surface area contributed by atoms with Gasteiger partial charge in [0.15, 0.2) is 0 Å². The van der Waals surface area contributed by atoms with Crippen molar-refractivity contribution in [1.29, 1.82) is 0 Å². The molecule has 1 aromatic heterocycles. The molecule has 4 heteroatoms. The van der Waals surface area contributed by atoms with Gasteiger partial charge in [-0.15, -0.1) is 0 Å². The Labute approximate surface area is 120 Å². The van der Waals surface area contributed by atoms with Gasteiger partial charge in [-0.1, -0.05) is 12.1 Å². The Morgan fingerprint density at radius 2 is 1.90 bits per heavy atom. The number of nitrogens with zero attached hydrogens (tertiary/aromatic N) is 2. The topological polar surface area (TPSA) is 39.1 Å². The third-order valence-electron chi connectivity index (χ3n) is 3.41. The molecule has 20 heavy (non-hydrogen) atoms. The maximum atomic E-state index is 5.17. The SMILES string of the molecule is COc1ccc([C@@H](C)NCc2cnn(C(C)C)c2)cc1. The van der Waals surface area contributed by atoms with E-state index in [9.17, 15) is 0 Å². The van der Waals surface area contributed by atoms with Gasteiger partial charge in [0.25, 0.3) is 0 Å². The zero-order chi connectivity index (χ0) is 14.5. The predicted octanol–water partition coefficient (Wildman–Crippen LogP) is 3.32. The highest BCUT2D eigenvalue weighted by Crippen LogP contribution is 2.17. The van der Waals surface area contributed by atoms with Crippen LogP contribution in [0.5, 0.6) is 5.75 Å². The fourth-order valence-electron chi connectivity index (χ4n) is 2.03. The van der Waals surface area contributed by atoms with E-state index >= 15 is 0 Å². The van der Waals surface area contributed by atoms with Crippen molar-refractivity contribution in [3.05, 3.63) is 47.8 Å². The second-order valence-corrected chi connectivity index (χ2v) is 5.30. The average molecular weight is 273 g/mol. The lowest BCUT2D eigenvalue weighted by Crippen LogP contribution is -2.17. The van der Waals surface area contributed by atoms with Crippen molar-refractivity contribution in [1.82, 2.24) is 15.1 Å². The molecule has 0 saturated carbocycles. The molecule has 2 rings (SSSR count). The number of hydrogen-bond acceptors (Lipinski definition) is 3. The first-order valence-electron chi connectivity index (χ1n) is 7.00. The summed E-state index contributed by atoms with van der Waals surface area (Å²) in [6.45, 7) is 7.24. The van der Waals surface area contributed by atoms with Crippen molar-refractivity contribution >= 4 is 0 Å². The molecule has 1 heterocycles. The summed E-state index contributed by atoms with van der Waals surface area (Å²) in [5.41, 5.74) is 2.46. The Kier molecular flexibility index (Phi) is 4.79. The van der Waals surface area contributed by atoms with Gasteiger partial charge < -0.3 is 10.1 Å². The smallest absolute Gasteiger partial charge is 0.118 e. The summed E-state index contributed by atoms with van der Waals surface area (Å²) < 4.78 is 7.15. The molecule has 2 aromatic rings. The van der Waals surface area contributed by atoms with Crippen LogP contribution in [0.2, 0.25) is 0 Å². The maximum Gasteiger partial charge on any atom is 0.118 e. The van der Waals surface area contributed by atoms with E-state index in [2.05, 4.69) is 49.5 Å². The highest BCUT2D eigenvalue weighted by molar-refractivity contribution is 5.28. The minimum atomic E-state index is 0.295. The third-order valence-corrected chi connectivity index (χ3v) is 3.41. The molecule has 0 aliphatic heterocycles. The second-order valence-electron chi connectivity index (χ2n) is 5.30. The minimum absolute atomic E-state index is 0.295. The van der Waals surface area contributed by atoms with Crippen LogP contribution in [-0.2, 0) is 6.54 Å². The van der Waals surface area contributed by atoms with Crippen molar-refractivity contribution in [2.24, 2.45) is 0 Å². The Balaban J connectivity index is 1.91. The maximum absolute atomic E-state index is 5.17. The Morgan fingerprint density at radius 3 is 2.45 bits per heavy atom. The minimum Gasteiger partial charge on any atom is -0.497 e. The number of hydrogen-bond donors (Lipinski definition) is 1. The monoisotopic (exact) mass is 273 g/mol. The normalized spacial score (nSPS) is 12.7. The first-order chi connectivity index (χ1) is 9.60. The van der Waals surface area contributed by atoms with E-state index in [-0.39, 0.29) is 0 Å². The molecule has 1 atom stereocenters. The lowest BCUT2D eigenvalue weighted by Gasteiger charge is -2.14. The number of rotatable bonds is 6. The molecule has 0 radical (unpaired) electrons. The molecule has 4 nitrogen and oxygen atoms in total. The molecule has 0 fully saturated rings. The van der Waals surface area contributed by atoms with E-state index in [1.807, 2.05) is 23.0 Å². The zero-order valence-electron chi connectivity index (χ0n) is 12.6. The van der Waals surface area contributed by atoms with Gasteiger partial charge in [-0.05, 0) is 38.5 Å². The summed E-state index contributed by atoms with van der Waals surface area (Å²) in [6, 6.07) is 8.86. The molecule has 1 aromatic carbocycles. The number of methoxy groups -OCH3 is 1. The molecule has 0 bridgehead atoms. The molecule has 1 N–H and O–H groups in total. The first kappa shape index (κ1) is 14.6. The molecule has 0 aliphatic carbocycles. The molecule has 0 amide bonds. The van der Waals surface area contributed by atoms with Gasteiger partial charge in [-0.3, -0.25) is 4.68 Å². The second kappa shape index (κ2) is 6.57. The van der Waals surface area contributed by atoms with Crippen LogP contribution in [0.4, 0.5) is 0 Å². The average Bonchev–Trinajstić information content (AvgIpc) is 2.94. The van der Waals surface area contributed by atoms with Crippen molar-refractivity contribution in [2.75, 3.05) is 7.11 Å². The Bertz CT molecular complexity index is 531. The van der Waals surface area contributed by atoms with Gasteiger partial charge in [0.05, 0.1) is 13.3 Å².